The first-order chi connectivity index (χ1) is 8.74. The van der Waals surface area contributed by atoms with Crippen molar-refractivity contribution in [2.45, 2.75) is 38.5 Å². The molecule has 0 saturated heterocycles. The van der Waals surface area contributed by atoms with E-state index in [0.717, 1.165) is 24.3 Å². The molecule has 0 atom stereocenters. The number of methoxy groups -OCH3 is 1. The lowest BCUT2D eigenvalue weighted by Gasteiger charge is -2.25. The van der Waals surface area contributed by atoms with Crippen LogP contribution in [-0.2, 0) is 4.79 Å². The highest BCUT2D eigenvalue weighted by molar-refractivity contribution is 5.86. The molecule has 1 fully saturated rings. The minimum absolute atomic E-state index is 0.349. The molecule has 0 spiro atoms. The Kier molecular flexibility index (Phi) is 4.24. The Morgan fingerprint density at radius 1 is 1.28 bits per heavy atom. The first kappa shape index (κ1) is 12.9. The van der Waals surface area contributed by atoms with Crippen LogP contribution in [0.2, 0.25) is 0 Å². The molecule has 1 aromatic carbocycles. The molecule has 0 aliphatic heterocycles. The van der Waals surface area contributed by atoms with Crippen molar-refractivity contribution in [1.82, 2.24) is 0 Å². The highest BCUT2D eigenvalue weighted by atomic mass is 16.5. The summed E-state index contributed by atoms with van der Waals surface area (Å²) in [6.45, 7) is 2.85. The number of hydrogen-bond donors (Lipinski definition) is 0. The number of ether oxygens (including phenoxy) is 2. The lowest BCUT2D eigenvalue weighted by Crippen LogP contribution is -2.21. The maximum Gasteiger partial charge on any atom is 0.161 e. The van der Waals surface area contributed by atoms with Crippen LogP contribution < -0.4 is 9.47 Å². The second-order valence-corrected chi connectivity index (χ2v) is 4.76. The molecule has 1 aromatic rings. The monoisotopic (exact) mass is 248 g/mol. The molecule has 3 heteroatoms. The first-order valence-corrected chi connectivity index (χ1v) is 6.57. The number of hydrogen-bond acceptors (Lipinski definition) is 3. The van der Waals surface area contributed by atoms with E-state index in [1.54, 1.807) is 7.11 Å². The second-order valence-electron chi connectivity index (χ2n) is 4.76. The summed E-state index contributed by atoms with van der Waals surface area (Å²) >= 11 is 0. The summed E-state index contributed by atoms with van der Waals surface area (Å²) in [5.74, 6) is 2.28. The zero-order chi connectivity index (χ0) is 13.0. The Labute approximate surface area is 108 Å². The molecule has 0 N–H and O–H groups in total. The summed E-state index contributed by atoms with van der Waals surface area (Å²) in [6, 6.07) is 5.99. The van der Waals surface area contributed by atoms with E-state index in [9.17, 15) is 4.79 Å². The summed E-state index contributed by atoms with van der Waals surface area (Å²) in [7, 11) is 1.65. The molecule has 3 nitrogen and oxygen atoms in total. The molecule has 0 amide bonds. The van der Waals surface area contributed by atoms with Gasteiger partial charge in [0.2, 0.25) is 0 Å². The molecule has 0 heterocycles. The third-order valence-electron chi connectivity index (χ3n) is 3.36. The quantitative estimate of drug-likeness (QED) is 0.724. The molecular weight excluding hydrogens is 228 g/mol. The third-order valence-corrected chi connectivity index (χ3v) is 3.36. The number of Topliss-reactive ketones (excluding diaryl/α,β-unsaturated/α-hetero) is 1. The van der Waals surface area contributed by atoms with Gasteiger partial charge in [-0.15, -0.1) is 0 Å². The molecule has 0 bridgehead atoms. The van der Waals surface area contributed by atoms with Gasteiger partial charge in [0, 0.05) is 12.8 Å². The van der Waals surface area contributed by atoms with Crippen LogP contribution in [0.5, 0.6) is 11.5 Å². The van der Waals surface area contributed by atoms with Crippen LogP contribution in [0.15, 0.2) is 18.2 Å². The fraction of sp³-hybridized carbons (Fsp3) is 0.533. The Bertz CT molecular complexity index is 418. The lowest BCUT2D eigenvalue weighted by molar-refractivity contribution is -0.124. The molecule has 2 rings (SSSR count). The van der Waals surface area contributed by atoms with Gasteiger partial charge in [-0.1, -0.05) is 19.4 Å². The SMILES string of the molecule is CCCCOc1ccc(C2CC(=O)C2)cc1OC. The molecule has 98 valence electrons. The smallest absolute Gasteiger partial charge is 0.161 e. The Balaban J connectivity index is 2.05. The van der Waals surface area contributed by atoms with Crippen molar-refractivity contribution in [2.24, 2.45) is 0 Å². The topological polar surface area (TPSA) is 35.5 Å². The first-order valence-electron chi connectivity index (χ1n) is 6.57. The van der Waals surface area contributed by atoms with Crippen LogP contribution in [0.25, 0.3) is 0 Å². The maximum atomic E-state index is 11.0. The minimum Gasteiger partial charge on any atom is -0.493 e. The van der Waals surface area contributed by atoms with Gasteiger partial charge in [-0.05, 0) is 30.0 Å². The van der Waals surface area contributed by atoms with Gasteiger partial charge >= 0.3 is 0 Å². The summed E-state index contributed by atoms with van der Waals surface area (Å²) in [6.07, 6.45) is 3.49. The van der Waals surface area contributed by atoms with Crippen LogP contribution in [0.1, 0.15) is 44.1 Å². The summed E-state index contributed by atoms with van der Waals surface area (Å²) in [5.41, 5.74) is 1.18. The van der Waals surface area contributed by atoms with E-state index in [1.807, 2.05) is 18.2 Å². The van der Waals surface area contributed by atoms with Crippen molar-refractivity contribution >= 4 is 5.78 Å². The molecule has 18 heavy (non-hydrogen) atoms. The summed E-state index contributed by atoms with van der Waals surface area (Å²) < 4.78 is 11.0. The molecule has 0 unspecified atom stereocenters. The largest absolute Gasteiger partial charge is 0.493 e. The van der Waals surface area contributed by atoms with Crippen LogP contribution in [-0.4, -0.2) is 19.5 Å². The van der Waals surface area contributed by atoms with Gasteiger partial charge in [0.15, 0.2) is 11.5 Å². The zero-order valence-electron chi connectivity index (χ0n) is 11.1. The third kappa shape index (κ3) is 2.84. The number of benzene rings is 1. The number of carbonyl (C=O) groups excluding carboxylic acids is 1. The number of unbranched alkanes of at least 4 members (excludes halogenated alkanes) is 1. The van der Waals surface area contributed by atoms with Crippen molar-refractivity contribution in [3.63, 3.8) is 0 Å². The van der Waals surface area contributed by atoms with Crippen LogP contribution >= 0.6 is 0 Å². The van der Waals surface area contributed by atoms with Gasteiger partial charge in [0.1, 0.15) is 5.78 Å². The van der Waals surface area contributed by atoms with Crippen LogP contribution in [0.3, 0.4) is 0 Å². The average Bonchev–Trinajstić information content (AvgIpc) is 2.36. The zero-order valence-corrected chi connectivity index (χ0v) is 11.1. The molecule has 0 aromatic heterocycles. The molecule has 1 aliphatic carbocycles. The van der Waals surface area contributed by atoms with Gasteiger partial charge in [0.05, 0.1) is 13.7 Å². The summed E-state index contributed by atoms with van der Waals surface area (Å²) in [4.78, 5) is 11.0. The minimum atomic E-state index is 0.349. The maximum absolute atomic E-state index is 11.0. The van der Waals surface area contributed by atoms with Crippen molar-refractivity contribution in [3.05, 3.63) is 23.8 Å². The fourth-order valence-corrected chi connectivity index (χ4v) is 2.11. The fourth-order valence-electron chi connectivity index (χ4n) is 2.11. The number of rotatable bonds is 6. The predicted molar refractivity (Wildman–Crippen MR) is 70.4 cm³/mol. The Morgan fingerprint density at radius 3 is 2.67 bits per heavy atom. The van der Waals surface area contributed by atoms with Crippen molar-refractivity contribution in [1.29, 1.82) is 0 Å². The van der Waals surface area contributed by atoms with E-state index >= 15 is 0 Å². The molecule has 1 saturated carbocycles. The van der Waals surface area contributed by atoms with Crippen molar-refractivity contribution in [3.8, 4) is 11.5 Å². The van der Waals surface area contributed by atoms with E-state index in [1.165, 1.54) is 5.56 Å². The predicted octanol–water partition coefficient (Wildman–Crippen LogP) is 3.32. The van der Waals surface area contributed by atoms with Crippen molar-refractivity contribution in [2.75, 3.05) is 13.7 Å². The van der Waals surface area contributed by atoms with E-state index < -0.39 is 0 Å². The molecule has 0 radical (unpaired) electrons. The van der Waals surface area contributed by atoms with E-state index in [4.69, 9.17) is 9.47 Å². The number of carbonyl (C=O) groups is 1. The van der Waals surface area contributed by atoms with Gasteiger partial charge in [-0.25, -0.2) is 0 Å². The highest BCUT2D eigenvalue weighted by Crippen LogP contribution is 2.38. The van der Waals surface area contributed by atoms with Gasteiger partial charge in [0.25, 0.3) is 0 Å². The average molecular weight is 248 g/mol. The van der Waals surface area contributed by atoms with Crippen LogP contribution in [0, 0.1) is 0 Å². The molecule has 1 aliphatic rings. The normalized spacial score (nSPS) is 15.3. The van der Waals surface area contributed by atoms with Gasteiger partial charge in [-0.2, -0.15) is 0 Å². The lowest BCUT2D eigenvalue weighted by atomic mass is 9.79. The number of ketones is 1. The van der Waals surface area contributed by atoms with E-state index in [-0.39, 0.29) is 0 Å². The summed E-state index contributed by atoms with van der Waals surface area (Å²) in [5, 5.41) is 0. The highest BCUT2D eigenvalue weighted by Gasteiger charge is 2.28. The van der Waals surface area contributed by atoms with Crippen LogP contribution in [0.4, 0.5) is 0 Å². The van der Waals surface area contributed by atoms with Gasteiger partial charge in [-0.3, -0.25) is 4.79 Å². The second kappa shape index (κ2) is 5.89. The Morgan fingerprint density at radius 2 is 2.06 bits per heavy atom. The van der Waals surface area contributed by atoms with Crippen molar-refractivity contribution < 1.29 is 14.3 Å². The van der Waals surface area contributed by atoms with E-state index in [0.29, 0.717) is 31.1 Å². The molecular formula is C15H20O3. The standard InChI is InChI=1S/C15H20O3/c1-3-4-7-18-14-6-5-11(10-15(14)17-2)12-8-13(16)9-12/h5-6,10,12H,3-4,7-9H2,1-2H3. The Hall–Kier alpha value is -1.51. The van der Waals surface area contributed by atoms with Gasteiger partial charge < -0.3 is 9.47 Å². The van der Waals surface area contributed by atoms with E-state index in [2.05, 4.69) is 6.92 Å².